The van der Waals surface area contributed by atoms with Crippen molar-refractivity contribution in [1.82, 2.24) is 9.55 Å². The second-order valence-electron chi connectivity index (χ2n) is 5.17. The van der Waals surface area contributed by atoms with Crippen molar-refractivity contribution >= 4 is 0 Å². The van der Waals surface area contributed by atoms with Crippen LogP contribution >= 0.6 is 0 Å². The van der Waals surface area contributed by atoms with Crippen molar-refractivity contribution in [2.75, 3.05) is 0 Å². The molecule has 1 unspecified atom stereocenters. The molecule has 0 aromatic carbocycles. The number of imidazole rings is 1. The first-order valence-corrected chi connectivity index (χ1v) is 5.55. The van der Waals surface area contributed by atoms with Gasteiger partial charge in [-0.3, -0.25) is 0 Å². The fraction of sp³-hybridized carbons (Fsp3) is 0.750. The van der Waals surface area contributed by atoms with E-state index in [2.05, 4.69) is 23.4 Å². The summed E-state index contributed by atoms with van der Waals surface area (Å²) >= 11 is 0. The van der Waals surface area contributed by atoms with E-state index < -0.39 is 0 Å². The van der Waals surface area contributed by atoms with Crippen molar-refractivity contribution in [1.29, 1.82) is 0 Å². The van der Waals surface area contributed by atoms with E-state index in [1.807, 2.05) is 26.4 Å². The summed E-state index contributed by atoms with van der Waals surface area (Å²) in [5.74, 6) is 1.12. The summed E-state index contributed by atoms with van der Waals surface area (Å²) in [5, 5.41) is 9.38. The highest BCUT2D eigenvalue weighted by molar-refractivity contribution is 4.92. The number of hydrogen-bond donors (Lipinski definition) is 1. The molecule has 3 nitrogen and oxygen atoms in total. The minimum absolute atomic E-state index is 0.181. The standard InChI is InChI=1S/C12H22N2O/c1-10(15)9-12(2,3)6-5-11-13-7-8-14(11)4/h7-8,10,15H,5-6,9H2,1-4H3. The molecule has 0 spiro atoms. The zero-order valence-corrected chi connectivity index (χ0v) is 10.2. The largest absolute Gasteiger partial charge is 0.393 e. The molecule has 1 aromatic rings. The van der Waals surface area contributed by atoms with Crippen LogP contribution in [0.25, 0.3) is 0 Å². The van der Waals surface area contributed by atoms with Gasteiger partial charge in [-0.15, -0.1) is 0 Å². The van der Waals surface area contributed by atoms with Crippen molar-refractivity contribution in [2.24, 2.45) is 12.5 Å². The van der Waals surface area contributed by atoms with Gasteiger partial charge in [-0.2, -0.15) is 0 Å². The first-order chi connectivity index (χ1) is 6.91. The number of aromatic nitrogens is 2. The Bertz CT molecular complexity index is 302. The molecule has 0 saturated heterocycles. The molecule has 3 heteroatoms. The van der Waals surface area contributed by atoms with Gasteiger partial charge in [0.25, 0.3) is 0 Å². The lowest BCUT2D eigenvalue weighted by atomic mass is 9.82. The third-order valence-corrected chi connectivity index (χ3v) is 2.79. The predicted octanol–water partition coefficient (Wildman–Crippen LogP) is 2.15. The molecule has 15 heavy (non-hydrogen) atoms. The summed E-state index contributed by atoms with van der Waals surface area (Å²) < 4.78 is 2.05. The van der Waals surface area contributed by atoms with Crippen LogP contribution < -0.4 is 0 Å². The van der Waals surface area contributed by atoms with Crippen molar-refractivity contribution in [3.05, 3.63) is 18.2 Å². The molecule has 86 valence electrons. The van der Waals surface area contributed by atoms with E-state index in [1.54, 1.807) is 0 Å². The normalized spacial score (nSPS) is 14.2. The number of aliphatic hydroxyl groups is 1. The number of aliphatic hydroxyl groups excluding tert-OH is 1. The lowest BCUT2D eigenvalue weighted by Crippen LogP contribution is -2.19. The summed E-state index contributed by atoms with van der Waals surface area (Å²) in [5.41, 5.74) is 0.181. The molecule has 0 saturated carbocycles. The van der Waals surface area contributed by atoms with Crippen molar-refractivity contribution in [3.8, 4) is 0 Å². The Hall–Kier alpha value is -0.830. The molecule has 0 amide bonds. The average molecular weight is 210 g/mol. The number of hydrogen-bond acceptors (Lipinski definition) is 2. The molecule has 1 atom stereocenters. The Morgan fingerprint density at radius 1 is 1.53 bits per heavy atom. The van der Waals surface area contributed by atoms with Gasteiger partial charge in [0.2, 0.25) is 0 Å². The number of nitrogens with zero attached hydrogens (tertiary/aromatic N) is 2. The second kappa shape index (κ2) is 4.79. The van der Waals surface area contributed by atoms with Gasteiger partial charge in [-0.25, -0.2) is 4.98 Å². The monoisotopic (exact) mass is 210 g/mol. The van der Waals surface area contributed by atoms with Crippen LogP contribution in [0.4, 0.5) is 0 Å². The van der Waals surface area contributed by atoms with Crippen LogP contribution in [0, 0.1) is 5.41 Å². The molecule has 1 rings (SSSR count). The van der Waals surface area contributed by atoms with E-state index in [0.717, 1.165) is 25.1 Å². The van der Waals surface area contributed by atoms with Crippen LogP contribution in [0.1, 0.15) is 39.4 Å². The van der Waals surface area contributed by atoms with Crippen LogP contribution in [-0.4, -0.2) is 20.8 Å². The number of rotatable bonds is 5. The molecule has 1 heterocycles. The lowest BCUT2D eigenvalue weighted by Gasteiger charge is -2.25. The van der Waals surface area contributed by atoms with Crippen molar-refractivity contribution in [2.45, 2.75) is 46.1 Å². The highest BCUT2D eigenvalue weighted by Crippen LogP contribution is 2.28. The first kappa shape index (κ1) is 12.2. The van der Waals surface area contributed by atoms with Gasteiger partial charge in [0.05, 0.1) is 6.10 Å². The zero-order chi connectivity index (χ0) is 11.5. The molecule has 0 aliphatic heterocycles. The Morgan fingerprint density at radius 3 is 2.67 bits per heavy atom. The Morgan fingerprint density at radius 2 is 2.20 bits per heavy atom. The summed E-state index contributed by atoms with van der Waals surface area (Å²) in [6, 6.07) is 0. The molecule has 0 aliphatic rings. The molecule has 0 fully saturated rings. The molecule has 0 aliphatic carbocycles. The average Bonchev–Trinajstić information content (AvgIpc) is 2.45. The van der Waals surface area contributed by atoms with E-state index in [9.17, 15) is 5.11 Å². The Kier molecular flexibility index (Phi) is 3.91. The smallest absolute Gasteiger partial charge is 0.108 e. The van der Waals surface area contributed by atoms with Gasteiger partial charge < -0.3 is 9.67 Å². The van der Waals surface area contributed by atoms with Crippen molar-refractivity contribution in [3.63, 3.8) is 0 Å². The fourth-order valence-corrected chi connectivity index (χ4v) is 1.99. The molecular formula is C12H22N2O. The van der Waals surface area contributed by atoms with E-state index in [1.165, 1.54) is 0 Å². The van der Waals surface area contributed by atoms with Crippen LogP contribution in [0.5, 0.6) is 0 Å². The van der Waals surface area contributed by atoms with E-state index in [0.29, 0.717) is 0 Å². The maximum atomic E-state index is 9.38. The highest BCUT2D eigenvalue weighted by Gasteiger charge is 2.20. The van der Waals surface area contributed by atoms with E-state index in [-0.39, 0.29) is 11.5 Å². The van der Waals surface area contributed by atoms with Gasteiger partial charge in [-0.05, 0) is 25.2 Å². The molecular weight excluding hydrogens is 188 g/mol. The summed E-state index contributed by atoms with van der Waals surface area (Å²) in [6.07, 6.45) is 6.46. The van der Waals surface area contributed by atoms with Gasteiger partial charge in [-0.1, -0.05) is 13.8 Å². The molecule has 0 bridgehead atoms. The van der Waals surface area contributed by atoms with Crippen molar-refractivity contribution < 1.29 is 5.11 Å². The minimum Gasteiger partial charge on any atom is -0.393 e. The molecule has 1 N–H and O–H groups in total. The predicted molar refractivity (Wildman–Crippen MR) is 61.6 cm³/mol. The Labute approximate surface area is 92.1 Å². The maximum Gasteiger partial charge on any atom is 0.108 e. The minimum atomic E-state index is -0.221. The highest BCUT2D eigenvalue weighted by atomic mass is 16.3. The van der Waals surface area contributed by atoms with Gasteiger partial charge in [0.15, 0.2) is 0 Å². The molecule has 1 aromatic heterocycles. The topological polar surface area (TPSA) is 38.1 Å². The molecule has 0 radical (unpaired) electrons. The van der Waals surface area contributed by atoms with Crippen LogP contribution in [0.2, 0.25) is 0 Å². The fourth-order valence-electron chi connectivity index (χ4n) is 1.99. The second-order valence-corrected chi connectivity index (χ2v) is 5.17. The quantitative estimate of drug-likeness (QED) is 0.808. The van der Waals surface area contributed by atoms with Crippen LogP contribution in [0.15, 0.2) is 12.4 Å². The first-order valence-electron chi connectivity index (χ1n) is 5.55. The van der Waals surface area contributed by atoms with E-state index >= 15 is 0 Å². The number of aryl methyl sites for hydroxylation is 2. The van der Waals surface area contributed by atoms with E-state index in [4.69, 9.17) is 0 Å². The van der Waals surface area contributed by atoms with Gasteiger partial charge >= 0.3 is 0 Å². The summed E-state index contributed by atoms with van der Waals surface area (Å²) in [4.78, 5) is 4.30. The summed E-state index contributed by atoms with van der Waals surface area (Å²) in [7, 11) is 2.02. The third kappa shape index (κ3) is 4.04. The summed E-state index contributed by atoms with van der Waals surface area (Å²) in [6.45, 7) is 6.24. The van der Waals surface area contributed by atoms with Crippen LogP contribution in [-0.2, 0) is 13.5 Å². The van der Waals surface area contributed by atoms with Gasteiger partial charge in [0, 0.05) is 25.9 Å². The SMILES string of the molecule is CC(O)CC(C)(C)CCc1nccn1C. The van der Waals surface area contributed by atoms with Crippen LogP contribution in [0.3, 0.4) is 0 Å². The lowest BCUT2D eigenvalue weighted by molar-refractivity contribution is 0.124. The third-order valence-electron chi connectivity index (χ3n) is 2.79. The van der Waals surface area contributed by atoms with Gasteiger partial charge in [0.1, 0.15) is 5.82 Å². The Balaban J connectivity index is 2.46. The zero-order valence-electron chi connectivity index (χ0n) is 10.2. The maximum absolute atomic E-state index is 9.38.